The van der Waals surface area contributed by atoms with Gasteiger partial charge < -0.3 is 5.11 Å². The van der Waals surface area contributed by atoms with Crippen molar-refractivity contribution in [2.24, 2.45) is 5.41 Å². The Labute approximate surface area is 242 Å². The predicted molar refractivity (Wildman–Crippen MR) is 172 cm³/mol. The number of carbonyl (C=O) groups is 2. The van der Waals surface area contributed by atoms with E-state index in [1.807, 2.05) is 108 Å². The van der Waals surface area contributed by atoms with Crippen LogP contribution in [0.5, 0.6) is 0 Å². The maximum atomic E-state index is 12.4. The fraction of sp³-hybridized carbons (Fsp3) is 0.297. The van der Waals surface area contributed by atoms with Crippen LogP contribution in [-0.2, 0) is 9.59 Å². The molecule has 0 aromatic carbocycles. The summed E-state index contributed by atoms with van der Waals surface area (Å²) in [6, 6.07) is 0. The zero-order valence-electron chi connectivity index (χ0n) is 25.4. The molecule has 0 heterocycles. The number of Topliss-reactive ketones (excluding diaryl/α,β-unsaturated/α-hetero) is 1. The molecule has 1 atom stereocenters. The number of aliphatic hydroxyl groups is 1. The first-order valence-electron chi connectivity index (χ1n) is 13.7. The summed E-state index contributed by atoms with van der Waals surface area (Å²) >= 11 is 0. The van der Waals surface area contributed by atoms with E-state index in [1.165, 1.54) is 6.08 Å². The second-order valence-electron chi connectivity index (χ2n) is 10.7. The maximum Gasteiger partial charge on any atom is 0.165 e. The van der Waals surface area contributed by atoms with E-state index in [0.29, 0.717) is 5.57 Å². The zero-order valence-corrected chi connectivity index (χ0v) is 25.4. The van der Waals surface area contributed by atoms with Crippen molar-refractivity contribution in [3.8, 4) is 0 Å². The smallest absolute Gasteiger partial charge is 0.165 e. The van der Waals surface area contributed by atoms with Gasteiger partial charge in [0, 0.05) is 17.4 Å². The van der Waals surface area contributed by atoms with Gasteiger partial charge in [0.15, 0.2) is 5.78 Å². The molecule has 0 saturated carbocycles. The summed E-state index contributed by atoms with van der Waals surface area (Å²) in [5.74, 6) is -0.00148. The lowest BCUT2D eigenvalue weighted by molar-refractivity contribution is -0.119. The molecular formula is C37H46O3. The summed E-state index contributed by atoms with van der Waals surface area (Å²) in [6.45, 7) is 16.0. The van der Waals surface area contributed by atoms with E-state index in [-0.39, 0.29) is 12.2 Å². The Morgan fingerprint density at radius 2 is 1.05 bits per heavy atom. The Morgan fingerprint density at radius 1 is 0.675 bits per heavy atom. The van der Waals surface area contributed by atoms with E-state index in [0.717, 1.165) is 39.7 Å². The lowest BCUT2D eigenvalue weighted by Gasteiger charge is -2.36. The summed E-state index contributed by atoms with van der Waals surface area (Å²) in [5.41, 5.74) is 6.71. The first-order valence-corrected chi connectivity index (χ1v) is 13.7. The number of aliphatic hydroxyl groups excluding tert-OH is 1. The summed E-state index contributed by atoms with van der Waals surface area (Å²) in [6.07, 6.45) is 33.7. The SMILES string of the molecule is CC(C=CC=C(C)C=CC=C(C)C=CC=O)=CC=CC=C(C)C=CC=C(C)C=CC1=C(C)C(C)(C)C(O)CC1=O. The molecule has 1 N–H and O–H groups in total. The number of aldehydes is 1. The van der Waals surface area contributed by atoms with Crippen molar-refractivity contribution in [2.45, 2.75) is 67.9 Å². The molecule has 1 aliphatic carbocycles. The molecule has 212 valence electrons. The average molecular weight is 539 g/mol. The van der Waals surface area contributed by atoms with Crippen molar-refractivity contribution in [2.75, 3.05) is 0 Å². The number of carbonyl (C=O) groups excluding carboxylic acids is 2. The van der Waals surface area contributed by atoms with Crippen LogP contribution in [0.4, 0.5) is 0 Å². The van der Waals surface area contributed by atoms with Gasteiger partial charge in [0.05, 0.1) is 6.10 Å². The highest BCUT2D eigenvalue weighted by Crippen LogP contribution is 2.39. The van der Waals surface area contributed by atoms with Crippen molar-refractivity contribution in [3.63, 3.8) is 0 Å². The summed E-state index contributed by atoms with van der Waals surface area (Å²) in [7, 11) is 0. The Morgan fingerprint density at radius 3 is 1.48 bits per heavy atom. The first kappa shape index (κ1) is 34.2. The maximum absolute atomic E-state index is 12.4. The van der Waals surface area contributed by atoms with Crippen molar-refractivity contribution in [1.82, 2.24) is 0 Å². The Bertz CT molecular complexity index is 1270. The third-order valence-electron chi connectivity index (χ3n) is 6.82. The van der Waals surface area contributed by atoms with Crippen LogP contribution in [0.3, 0.4) is 0 Å². The molecule has 0 radical (unpaired) electrons. The van der Waals surface area contributed by atoms with E-state index in [4.69, 9.17) is 0 Å². The fourth-order valence-corrected chi connectivity index (χ4v) is 3.72. The molecule has 1 aliphatic rings. The molecular weight excluding hydrogens is 492 g/mol. The largest absolute Gasteiger partial charge is 0.392 e. The molecule has 0 bridgehead atoms. The first-order chi connectivity index (χ1) is 18.9. The molecule has 3 heteroatoms. The number of ketones is 1. The monoisotopic (exact) mass is 538 g/mol. The lowest BCUT2D eigenvalue weighted by Crippen LogP contribution is -2.38. The molecule has 0 aromatic heterocycles. The van der Waals surface area contributed by atoms with Gasteiger partial charge >= 0.3 is 0 Å². The van der Waals surface area contributed by atoms with Crippen LogP contribution in [0.15, 0.2) is 142 Å². The molecule has 0 spiro atoms. The molecule has 0 amide bonds. The van der Waals surface area contributed by atoms with Gasteiger partial charge in [-0.15, -0.1) is 0 Å². The molecule has 0 aliphatic heterocycles. The van der Waals surface area contributed by atoms with Gasteiger partial charge in [-0.2, -0.15) is 0 Å². The molecule has 1 rings (SSSR count). The van der Waals surface area contributed by atoms with E-state index < -0.39 is 11.5 Å². The minimum absolute atomic E-state index is 0.00148. The Hall–Kier alpha value is -3.82. The standard InChI is InChI=1S/C37H46O3/c1-28(17-11-19-30(3)20-12-21-31(4)23-14-26-38)15-9-10-16-29(2)18-13-22-32(5)24-25-34-33(6)37(7,8)36(40)27-35(34)39/h9-26,36,40H,27H2,1-8H3. The number of hydrogen-bond donors (Lipinski definition) is 1. The van der Waals surface area contributed by atoms with Crippen LogP contribution < -0.4 is 0 Å². The third-order valence-corrected chi connectivity index (χ3v) is 6.82. The van der Waals surface area contributed by atoms with Gasteiger partial charge in [-0.3, -0.25) is 9.59 Å². The van der Waals surface area contributed by atoms with Crippen LogP contribution >= 0.6 is 0 Å². The highest BCUT2D eigenvalue weighted by atomic mass is 16.3. The molecule has 0 aromatic rings. The van der Waals surface area contributed by atoms with Crippen molar-refractivity contribution < 1.29 is 14.7 Å². The van der Waals surface area contributed by atoms with Crippen molar-refractivity contribution in [3.05, 3.63) is 142 Å². The Balaban J connectivity index is 2.68. The van der Waals surface area contributed by atoms with Gasteiger partial charge in [-0.25, -0.2) is 0 Å². The van der Waals surface area contributed by atoms with Gasteiger partial charge in [0.2, 0.25) is 0 Å². The average Bonchev–Trinajstić information content (AvgIpc) is 2.89. The van der Waals surface area contributed by atoms with Crippen molar-refractivity contribution >= 4 is 12.1 Å². The van der Waals surface area contributed by atoms with E-state index in [1.54, 1.807) is 6.08 Å². The second-order valence-corrected chi connectivity index (χ2v) is 10.7. The summed E-state index contributed by atoms with van der Waals surface area (Å²) in [4.78, 5) is 22.7. The summed E-state index contributed by atoms with van der Waals surface area (Å²) < 4.78 is 0. The van der Waals surface area contributed by atoms with Crippen LogP contribution in [0.25, 0.3) is 0 Å². The fourth-order valence-electron chi connectivity index (χ4n) is 3.72. The van der Waals surface area contributed by atoms with E-state index >= 15 is 0 Å². The molecule has 40 heavy (non-hydrogen) atoms. The third kappa shape index (κ3) is 12.8. The molecule has 1 unspecified atom stereocenters. The highest BCUT2D eigenvalue weighted by molar-refractivity contribution is 6.00. The minimum atomic E-state index is -0.631. The zero-order chi connectivity index (χ0) is 30.1. The molecule has 0 fully saturated rings. The Kier molecular flexibility index (Phi) is 15.1. The van der Waals surface area contributed by atoms with E-state index in [2.05, 4.69) is 38.2 Å². The predicted octanol–water partition coefficient (Wildman–Crippen LogP) is 8.93. The van der Waals surface area contributed by atoms with Gasteiger partial charge in [-0.1, -0.05) is 145 Å². The number of hydrogen-bond acceptors (Lipinski definition) is 3. The van der Waals surface area contributed by atoms with Gasteiger partial charge in [0.1, 0.15) is 6.29 Å². The lowest BCUT2D eigenvalue weighted by atomic mass is 9.70. The highest BCUT2D eigenvalue weighted by Gasteiger charge is 2.38. The minimum Gasteiger partial charge on any atom is -0.392 e. The number of allylic oxidation sites excluding steroid dienone is 23. The molecule has 3 nitrogen and oxygen atoms in total. The van der Waals surface area contributed by atoms with E-state index in [9.17, 15) is 14.7 Å². The van der Waals surface area contributed by atoms with Crippen LogP contribution in [-0.4, -0.2) is 23.3 Å². The number of rotatable bonds is 12. The summed E-state index contributed by atoms with van der Waals surface area (Å²) in [5, 5.41) is 10.2. The van der Waals surface area contributed by atoms with Crippen LogP contribution in [0.2, 0.25) is 0 Å². The topological polar surface area (TPSA) is 54.4 Å². The quantitative estimate of drug-likeness (QED) is 0.153. The van der Waals surface area contributed by atoms with Crippen LogP contribution in [0, 0.1) is 5.41 Å². The van der Waals surface area contributed by atoms with Gasteiger partial charge in [0.25, 0.3) is 0 Å². The normalized spacial score (nSPS) is 20.7. The van der Waals surface area contributed by atoms with Gasteiger partial charge in [-0.05, 0) is 47.6 Å². The second kappa shape index (κ2) is 17.7. The molecule has 0 saturated heterocycles. The van der Waals surface area contributed by atoms with Crippen LogP contribution in [0.1, 0.15) is 61.8 Å². The van der Waals surface area contributed by atoms with Crippen molar-refractivity contribution in [1.29, 1.82) is 0 Å².